The van der Waals surface area contributed by atoms with Gasteiger partial charge in [0.15, 0.2) is 0 Å². The lowest BCUT2D eigenvalue weighted by Gasteiger charge is -2.03. The Kier molecular flexibility index (Phi) is 3.02. The standard InChI is InChI=1S/C9H8ClFN4S/c1-4-13-9(15-14-4)16-8-2-5(10)6(11)3-7(8)12/h2-3H,12H2,1H3,(H,13,14,15). The predicted octanol–water partition coefficient (Wildman–Crippen LogP) is 2.64. The van der Waals surface area contributed by atoms with Crippen molar-refractivity contribution in [1.82, 2.24) is 15.2 Å². The van der Waals surface area contributed by atoms with Crippen molar-refractivity contribution in [3.63, 3.8) is 0 Å². The number of nitrogens with zero attached hydrogens (tertiary/aromatic N) is 2. The number of nitrogens with two attached hydrogens (primary N) is 1. The lowest BCUT2D eigenvalue weighted by molar-refractivity contribution is 0.628. The molecule has 2 aromatic rings. The summed E-state index contributed by atoms with van der Waals surface area (Å²) in [6.45, 7) is 1.79. The zero-order chi connectivity index (χ0) is 11.7. The Balaban J connectivity index is 2.31. The van der Waals surface area contributed by atoms with Gasteiger partial charge in [0.1, 0.15) is 11.6 Å². The highest BCUT2D eigenvalue weighted by Crippen LogP contribution is 2.33. The molecule has 0 saturated heterocycles. The summed E-state index contributed by atoms with van der Waals surface area (Å²) < 4.78 is 13.0. The van der Waals surface area contributed by atoms with Crippen LogP contribution in [0.2, 0.25) is 5.02 Å². The molecule has 0 bridgehead atoms. The third-order valence-electron chi connectivity index (χ3n) is 1.83. The number of nitrogens with one attached hydrogen (secondary N) is 1. The summed E-state index contributed by atoms with van der Waals surface area (Å²) in [4.78, 5) is 4.73. The maximum atomic E-state index is 13.0. The second kappa shape index (κ2) is 4.31. The van der Waals surface area contributed by atoms with Gasteiger partial charge in [0.25, 0.3) is 0 Å². The number of hydrogen-bond donors (Lipinski definition) is 2. The maximum Gasteiger partial charge on any atom is 0.213 e. The molecule has 1 heterocycles. The summed E-state index contributed by atoms with van der Waals surface area (Å²) in [6.07, 6.45) is 0. The Morgan fingerprint density at radius 2 is 2.25 bits per heavy atom. The zero-order valence-corrected chi connectivity index (χ0v) is 9.86. The van der Waals surface area contributed by atoms with E-state index in [0.29, 0.717) is 21.6 Å². The first-order valence-corrected chi connectivity index (χ1v) is 5.57. The number of benzene rings is 1. The van der Waals surface area contributed by atoms with Crippen LogP contribution in [0.25, 0.3) is 0 Å². The fourth-order valence-corrected chi connectivity index (χ4v) is 2.15. The van der Waals surface area contributed by atoms with Crippen LogP contribution in [0.5, 0.6) is 0 Å². The molecule has 2 rings (SSSR count). The van der Waals surface area contributed by atoms with Crippen LogP contribution in [0, 0.1) is 12.7 Å². The molecule has 0 amide bonds. The van der Waals surface area contributed by atoms with Crippen LogP contribution in [-0.2, 0) is 0 Å². The van der Waals surface area contributed by atoms with Crippen LogP contribution < -0.4 is 5.73 Å². The number of anilines is 1. The smallest absolute Gasteiger partial charge is 0.213 e. The van der Waals surface area contributed by atoms with Gasteiger partial charge in [-0.15, -0.1) is 5.10 Å². The highest BCUT2D eigenvalue weighted by Gasteiger charge is 2.10. The van der Waals surface area contributed by atoms with E-state index in [1.54, 1.807) is 6.92 Å². The Bertz CT molecular complexity index is 528. The summed E-state index contributed by atoms with van der Waals surface area (Å²) >= 11 is 6.89. The van der Waals surface area contributed by atoms with E-state index in [9.17, 15) is 4.39 Å². The minimum absolute atomic E-state index is 0.0314. The fraction of sp³-hybridized carbons (Fsp3) is 0.111. The van der Waals surface area contributed by atoms with E-state index < -0.39 is 5.82 Å². The van der Waals surface area contributed by atoms with Gasteiger partial charge in [-0.2, -0.15) is 0 Å². The van der Waals surface area contributed by atoms with Crippen molar-refractivity contribution in [2.24, 2.45) is 0 Å². The summed E-state index contributed by atoms with van der Waals surface area (Å²) in [5.41, 5.74) is 5.97. The molecule has 0 radical (unpaired) electrons. The van der Waals surface area contributed by atoms with Gasteiger partial charge in [0, 0.05) is 10.6 Å². The molecule has 1 aromatic heterocycles. The van der Waals surface area contributed by atoms with Crippen molar-refractivity contribution < 1.29 is 4.39 Å². The molecule has 1 aromatic carbocycles. The fourth-order valence-electron chi connectivity index (χ4n) is 1.10. The Hall–Kier alpha value is -1.27. The van der Waals surface area contributed by atoms with Crippen LogP contribution in [0.15, 0.2) is 22.2 Å². The van der Waals surface area contributed by atoms with Crippen LogP contribution in [0.1, 0.15) is 5.82 Å². The summed E-state index contributed by atoms with van der Waals surface area (Å²) in [5.74, 6) is 0.170. The molecule has 0 saturated carbocycles. The number of rotatable bonds is 2. The van der Waals surface area contributed by atoms with Gasteiger partial charge in [-0.05, 0) is 30.8 Å². The topological polar surface area (TPSA) is 67.6 Å². The molecule has 0 aliphatic rings. The van der Waals surface area contributed by atoms with Gasteiger partial charge >= 0.3 is 0 Å². The highest BCUT2D eigenvalue weighted by atomic mass is 35.5. The number of aryl methyl sites for hydroxylation is 1. The van der Waals surface area contributed by atoms with Gasteiger partial charge in [0.05, 0.1) is 5.02 Å². The van der Waals surface area contributed by atoms with Gasteiger partial charge in [-0.1, -0.05) is 11.6 Å². The third kappa shape index (κ3) is 2.28. The molecule has 16 heavy (non-hydrogen) atoms. The zero-order valence-electron chi connectivity index (χ0n) is 8.29. The van der Waals surface area contributed by atoms with E-state index in [1.165, 1.54) is 23.9 Å². The van der Waals surface area contributed by atoms with Crippen molar-refractivity contribution in [3.8, 4) is 0 Å². The first-order valence-electron chi connectivity index (χ1n) is 4.37. The number of aromatic nitrogens is 3. The average Bonchev–Trinajstić information content (AvgIpc) is 2.60. The van der Waals surface area contributed by atoms with E-state index in [2.05, 4.69) is 15.2 Å². The van der Waals surface area contributed by atoms with Gasteiger partial charge in [0.2, 0.25) is 5.16 Å². The summed E-state index contributed by atoms with van der Waals surface area (Å²) in [7, 11) is 0. The molecule has 3 N–H and O–H groups in total. The van der Waals surface area contributed by atoms with E-state index >= 15 is 0 Å². The number of aromatic amines is 1. The van der Waals surface area contributed by atoms with Gasteiger partial charge in [-0.3, -0.25) is 5.10 Å². The van der Waals surface area contributed by atoms with Crippen molar-refractivity contribution in [3.05, 3.63) is 28.8 Å². The molecular weight excluding hydrogens is 251 g/mol. The SMILES string of the molecule is Cc1nc(Sc2cc(Cl)c(F)cc2N)n[nH]1. The van der Waals surface area contributed by atoms with Crippen molar-refractivity contribution in [2.45, 2.75) is 17.0 Å². The number of hydrogen-bond acceptors (Lipinski definition) is 4. The third-order valence-corrected chi connectivity index (χ3v) is 3.06. The number of H-pyrrole nitrogens is 1. The van der Waals surface area contributed by atoms with Crippen molar-refractivity contribution >= 4 is 29.1 Å². The second-order valence-corrected chi connectivity index (χ2v) is 4.53. The lowest BCUT2D eigenvalue weighted by Crippen LogP contribution is -1.91. The molecular formula is C9H8ClFN4S. The molecule has 0 spiro atoms. The lowest BCUT2D eigenvalue weighted by atomic mass is 10.3. The minimum atomic E-state index is -0.533. The van der Waals surface area contributed by atoms with Crippen molar-refractivity contribution in [1.29, 1.82) is 0 Å². The minimum Gasteiger partial charge on any atom is -0.398 e. The van der Waals surface area contributed by atoms with Gasteiger partial charge in [-0.25, -0.2) is 9.37 Å². The average molecular weight is 259 g/mol. The molecule has 84 valence electrons. The summed E-state index contributed by atoms with van der Waals surface area (Å²) in [5, 5.41) is 7.19. The molecule has 4 nitrogen and oxygen atoms in total. The first-order chi connectivity index (χ1) is 7.56. The normalized spacial score (nSPS) is 10.7. The van der Waals surface area contributed by atoms with E-state index in [4.69, 9.17) is 17.3 Å². The molecule has 0 atom stereocenters. The van der Waals surface area contributed by atoms with E-state index in [0.717, 1.165) is 0 Å². The highest BCUT2D eigenvalue weighted by molar-refractivity contribution is 7.99. The number of halogens is 2. The Labute approximate surface area is 100 Å². The van der Waals surface area contributed by atoms with Crippen LogP contribution >= 0.6 is 23.4 Å². The first kappa shape index (κ1) is 11.2. The van der Waals surface area contributed by atoms with Crippen molar-refractivity contribution in [2.75, 3.05) is 5.73 Å². The van der Waals surface area contributed by atoms with Crippen LogP contribution in [0.4, 0.5) is 10.1 Å². The monoisotopic (exact) mass is 258 g/mol. The maximum absolute atomic E-state index is 13.0. The quantitative estimate of drug-likeness (QED) is 0.813. The number of nitrogen functional groups attached to an aromatic ring is 1. The molecule has 0 aliphatic heterocycles. The van der Waals surface area contributed by atoms with Crippen LogP contribution in [-0.4, -0.2) is 15.2 Å². The second-order valence-electron chi connectivity index (χ2n) is 3.11. The summed E-state index contributed by atoms with van der Waals surface area (Å²) in [6, 6.07) is 2.65. The molecule has 0 unspecified atom stereocenters. The van der Waals surface area contributed by atoms with E-state index in [1.807, 2.05) is 0 Å². The molecule has 0 aliphatic carbocycles. The Morgan fingerprint density at radius 1 is 1.50 bits per heavy atom. The van der Waals surface area contributed by atoms with Gasteiger partial charge < -0.3 is 5.73 Å². The van der Waals surface area contributed by atoms with Crippen LogP contribution in [0.3, 0.4) is 0 Å². The predicted molar refractivity (Wildman–Crippen MR) is 61.1 cm³/mol. The molecule has 0 fully saturated rings. The van der Waals surface area contributed by atoms with E-state index in [-0.39, 0.29) is 5.02 Å². The largest absolute Gasteiger partial charge is 0.398 e. The molecule has 7 heteroatoms. The Morgan fingerprint density at radius 3 is 2.88 bits per heavy atom.